The molecule has 1 aliphatic rings. The molecule has 1 aliphatic carbocycles. The third-order valence-corrected chi connectivity index (χ3v) is 2.89. The third-order valence-electron chi connectivity index (χ3n) is 2.89. The van der Waals surface area contributed by atoms with E-state index in [1.54, 1.807) is 0 Å². The number of aryl methyl sites for hydroxylation is 1. The molecule has 2 aromatic rings. The van der Waals surface area contributed by atoms with Crippen LogP contribution >= 0.6 is 0 Å². The largest absolute Gasteiger partial charge is 0.358 e. The average molecular weight is 197 g/mol. The van der Waals surface area contributed by atoms with E-state index in [1.807, 2.05) is 36.4 Å². The van der Waals surface area contributed by atoms with Crippen molar-refractivity contribution in [3.63, 3.8) is 0 Å². The predicted octanol–water partition coefficient (Wildman–Crippen LogP) is 2.81. The van der Waals surface area contributed by atoms with Gasteiger partial charge in [-0.25, -0.2) is 0 Å². The first-order valence-electron chi connectivity index (χ1n) is 5.15. The molecule has 0 unspecified atom stereocenters. The van der Waals surface area contributed by atoms with E-state index in [1.165, 1.54) is 0 Å². The summed E-state index contributed by atoms with van der Waals surface area (Å²) in [6.07, 6.45) is 1.53. The standard InChI is InChI=1S/C13H11NO/c15-13-7-6-11-10(13)8-12(14-11)9-4-2-1-3-5-9/h1-5,8,14H,6-7H2. The molecular formula is C13H11NO. The van der Waals surface area contributed by atoms with Crippen molar-refractivity contribution in [3.8, 4) is 11.3 Å². The Morgan fingerprint density at radius 1 is 1.07 bits per heavy atom. The van der Waals surface area contributed by atoms with E-state index in [9.17, 15) is 4.79 Å². The number of hydrogen-bond acceptors (Lipinski definition) is 1. The van der Waals surface area contributed by atoms with Gasteiger partial charge in [0.05, 0.1) is 0 Å². The molecule has 0 aliphatic heterocycles. The number of hydrogen-bond donors (Lipinski definition) is 1. The SMILES string of the molecule is O=C1CCc2[nH]c(-c3ccccc3)cc21. The Hall–Kier alpha value is -1.83. The number of H-pyrrole nitrogens is 1. The van der Waals surface area contributed by atoms with Crippen molar-refractivity contribution in [1.29, 1.82) is 0 Å². The van der Waals surface area contributed by atoms with E-state index < -0.39 is 0 Å². The predicted molar refractivity (Wildman–Crippen MR) is 58.9 cm³/mol. The summed E-state index contributed by atoms with van der Waals surface area (Å²) in [7, 11) is 0. The Balaban J connectivity index is 2.09. The van der Waals surface area contributed by atoms with Crippen LogP contribution in [0, 0.1) is 0 Å². The van der Waals surface area contributed by atoms with Gasteiger partial charge in [-0.2, -0.15) is 0 Å². The molecule has 0 saturated carbocycles. The summed E-state index contributed by atoms with van der Waals surface area (Å²) in [5, 5.41) is 0. The number of carbonyl (C=O) groups is 1. The van der Waals surface area contributed by atoms with Crippen molar-refractivity contribution in [2.24, 2.45) is 0 Å². The number of Topliss-reactive ketones (excluding diaryl/α,β-unsaturated/α-hetero) is 1. The summed E-state index contributed by atoms with van der Waals surface area (Å²) >= 11 is 0. The fourth-order valence-corrected chi connectivity index (χ4v) is 2.09. The monoisotopic (exact) mass is 197 g/mol. The quantitative estimate of drug-likeness (QED) is 0.749. The molecule has 0 atom stereocenters. The number of benzene rings is 1. The number of fused-ring (bicyclic) bond motifs is 1. The second-order valence-corrected chi connectivity index (χ2v) is 3.86. The van der Waals surface area contributed by atoms with Crippen LogP contribution in [0.2, 0.25) is 0 Å². The van der Waals surface area contributed by atoms with E-state index in [2.05, 4.69) is 4.98 Å². The Morgan fingerprint density at radius 2 is 1.87 bits per heavy atom. The Labute approximate surface area is 87.9 Å². The molecule has 1 heterocycles. The molecule has 1 N–H and O–H groups in total. The fourth-order valence-electron chi connectivity index (χ4n) is 2.09. The molecule has 74 valence electrons. The van der Waals surface area contributed by atoms with Crippen molar-refractivity contribution < 1.29 is 4.79 Å². The summed E-state index contributed by atoms with van der Waals surface area (Å²) in [6.45, 7) is 0. The van der Waals surface area contributed by atoms with Gasteiger partial charge in [0.1, 0.15) is 0 Å². The number of aromatic nitrogens is 1. The van der Waals surface area contributed by atoms with Crippen LogP contribution < -0.4 is 0 Å². The number of carbonyl (C=O) groups excluding carboxylic acids is 1. The van der Waals surface area contributed by atoms with Gasteiger partial charge < -0.3 is 4.98 Å². The highest BCUT2D eigenvalue weighted by atomic mass is 16.1. The number of aromatic amines is 1. The van der Waals surface area contributed by atoms with Gasteiger partial charge in [-0.05, 0) is 18.1 Å². The maximum Gasteiger partial charge on any atom is 0.165 e. The molecule has 0 spiro atoms. The van der Waals surface area contributed by atoms with Crippen LogP contribution in [0.4, 0.5) is 0 Å². The van der Waals surface area contributed by atoms with Gasteiger partial charge in [0, 0.05) is 23.4 Å². The minimum atomic E-state index is 0.267. The number of nitrogens with one attached hydrogen (secondary N) is 1. The lowest BCUT2D eigenvalue weighted by Gasteiger charge is -1.96. The van der Waals surface area contributed by atoms with Crippen molar-refractivity contribution in [1.82, 2.24) is 4.98 Å². The van der Waals surface area contributed by atoms with Crippen LogP contribution in [0.5, 0.6) is 0 Å². The summed E-state index contributed by atoms with van der Waals surface area (Å²) in [4.78, 5) is 14.8. The van der Waals surface area contributed by atoms with Gasteiger partial charge in [0.2, 0.25) is 0 Å². The lowest BCUT2D eigenvalue weighted by Crippen LogP contribution is -1.87. The third kappa shape index (κ3) is 1.30. The Morgan fingerprint density at radius 3 is 2.60 bits per heavy atom. The summed E-state index contributed by atoms with van der Waals surface area (Å²) in [5.41, 5.74) is 4.17. The molecule has 1 aromatic heterocycles. The first-order valence-corrected chi connectivity index (χ1v) is 5.15. The smallest absolute Gasteiger partial charge is 0.165 e. The highest BCUT2D eigenvalue weighted by Crippen LogP contribution is 2.27. The summed E-state index contributed by atoms with van der Waals surface area (Å²) < 4.78 is 0. The minimum Gasteiger partial charge on any atom is -0.358 e. The van der Waals surface area contributed by atoms with Gasteiger partial charge in [-0.3, -0.25) is 4.79 Å². The maximum atomic E-state index is 11.5. The zero-order chi connectivity index (χ0) is 10.3. The molecule has 2 heteroatoms. The first-order chi connectivity index (χ1) is 7.34. The van der Waals surface area contributed by atoms with Crippen LogP contribution in [-0.2, 0) is 6.42 Å². The Bertz CT molecular complexity index is 511. The molecule has 0 saturated heterocycles. The van der Waals surface area contributed by atoms with Crippen LogP contribution in [-0.4, -0.2) is 10.8 Å². The van der Waals surface area contributed by atoms with Gasteiger partial charge >= 0.3 is 0 Å². The zero-order valence-electron chi connectivity index (χ0n) is 8.29. The highest BCUT2D eigenvalue weighted by molar-refractivity contribution is 6.01. The molecule has 0 amide bonds. The molecule has 0 radical (unpaired) electrons. The first kappa shape index (κ1) is 8.48. The van der Waals surface area contributed by atoms with Gasteiger partial charge in [0.15, 0.2) is 5.78 Å². The average Bonchev–Trinajstić information content (AvgIpc) is 2.83. The lowest BCUT2D eigenvalue weighted by molar-refractivity contribution is 0.0994. The van der Waals surface area contributed by atoms with Crippen molar-refractivity contribution >= 4 is 5.78 Å². The minimum absolute atomic E-state index is 0.267. The van der Waals surface area contributed by atoms with Crippen LogP contribution in [0.3, 0.4) is 0 Å². The van der Waals surface area contributed by atoms with Crippen molar-refractivity contribution in [2.45, 2.75) is 12.8 Å². The molecule has 1 aromatic carbocycles. The van der Waals surface area contributed by atoms with E-state index in [0.29, 0.717) is 6.42 Å². The van der Waals surface area contributed by atoms with Crippen molar-refractivity contribution in [2.75, 3.05) is 0 Å². The molecular weight excluding hydrogens is 186 g/mol. The van der Waals surface area contributed by atoms with Gasteiger partial charge in [-0.1, -0.05) is 30.3 Å². The van der Waals surface area contributed by atoms with Gasteiger partial charge in [-0.15, -0.1) is 0 Å². The molecule has 0 bridgehead atoms. The lowest BCUT2D eigenvalue weighted by atomic mass is 10.1. The zero-order valence-corrected chi connectivity index (χ0v) is 8.29. The highest BCUT2D eigenvalue weighted by Gasteiger charge is 2.22. The van der Waals surface area contributed by atoms with Crippen LogP contribution in [0.15, 0.2) is 36.4 Å². The van der Waals surface area contributed by atoms with E-state index in [0.717, 1.165) is 28.9 Å². The van der Waals surface area contributed by atoms with Crippen molar-refractivity contribution in [3.05, 3.63) is 47.7 Å². The summed E-state index contributed by atoms with van der Waals surface area (Å²) in [5.74, 6) is 0.267. The van der Waals surface area contributed by atoms with Crippen LogP contribution in [0.1, 0.15) is 22.5 Å². The Kier molecular flexibility index (Phi) is 1.75. The molecule has 15 heavy (non-hydrogen) atoms. The second-order valence-electron chi connectivity index (χ2n) is 3.86. The van der Waals surface area contributed by atoms with E-state index in [-0.39, 0.29) is 5.78 Å². The fraction of sp³-hybridized carbons (Fsp3) is 0.154. The molecule has 2 nitrogen and oxygen atoms in total. The maximum absolute atomic E-state index is 11.5. The van der Waals surface area contributed by atoms with E-state index >= 15 is 0 Å². The molecule has 3 rings (SSSR count). The van der Waals surface area contributed by atoms with Crippen LogP contribution in [0.25, 0.3) is 11.3 Å². The summed E-state index contributed by atoms with van der Waals surface area (Å²) in [6, 6.07) is 12.1. The van der Waals surface area contributed by atoms with Gasteiger partial charge in [0.25, 0.3) is 0 Å². The topological polar surface area (TPSA) is 32.9 Å². The number of rotatable bonds is 1. The normalized spacial score (nSPS) is 14.3. The second kappa shape index (κ2) is 3.09. The number of ketones is 1. The van der Waals surface area contributed by atoms with E-state index in [4.69, 9.17) is 0 Å². The molecule has 0 fully saturated rings.